The number of ether oxygens (including phenoxy) is 4. The van der Waals surface area contributed by atoms with Gasteiger partial charge in [0, 0.05) is 90.9 Å². The maximum atomic E-state index is 15.5. The number of fused-ring (bicyclic) bond motifs is 6. The molecule has 9 atom stereocenters. The summed E-state index contributed by atoms with van der Waals surface area (Å²) in [6.07, 6.45) is 8.21. The van der Waals surface area contributed by atoms with Crippen LogP contribution in [0.25, 0.3) is 10.9 Å². The second-order valence-corrected chi connectivity index (χ2v) is 19.6. The molecule has 1 aromatic heterocycles. The minimum atomic E-state index is -1.85. The summed E-state index contributed by atoms with van der Waals surface area (Å²) < 4.78 is 24.6. The Morgan fingerprint density at radius 3 is 2.52 bits per heavy atom. The van der Waals surface area contributed by atoms with Gasteiger partial charge in [0.1, 0.15) is 29.5 Å². The van der Waals surface area contributed by atoms with E-state index in [9.17, 15) is 14.7 Å². The van der Waals surface area contributed by atoms with E-state index in [1.165, 1.54) is 19.6 Å². The van der Waals surface area contributed by atoms with Crippen LogP contribution in [0.1, 0.15) is 74.4 Å². The summed E-state index contributed by atoms with van der Waals surface area (Å²) in [6, 6.07) is 21.0. The molecule has 2 bridgehead atoms. The van der Waals surface area contributed by atoms with Gasteiger partial charge in [0.25, 0.3) is 0 Å². The standard InChI is InChI=1S/C53H63N5O8/c1-7-34-25-36-28-52(48(60)64-6,44-38(19-23-57(29-34)30-36)37-17-12-13-18-41(37)55-44)40-26-39-42(27-43(40)63-5)56(4)46-51(39)21-24-58-22-14-20-50(8-2,45(51)58)47(66-33(3)59)53(46,62)32-54-49(61)65-31-35-15-10-9-11-16-35/h9-18,20,25-27,36,45-47,55,62H,7-8,19,21-24,28-32H2,1-6H3,(H,54,61)/t36-,45-,46+,47+,50+,51+,52-,53+/m0/s1. The van der Waals surface area contributed by atoms with E-state index in [4.69, 9.17) is 18.9 Å². The fourth-order valence-electron chi connectivity index (χ4n) is 14.0. The van der Waals surface area contributed by atoms with E-state index in [1.54, 1.807) is 7.11 Å². The van der Waals surface area contributed by atoms with Crippen molar-refractivity contribution in [3.63, 3.8) is 0 Å². The molecule has 6 heterocycles. The van der Waals surface area contributed by atoms with Crippen LogP contribution in [-0.2, 0) is 47.7 Å². The number of carbonyl (C=O) groups is 3. The van der Waals surface area contributed by atoms with Crippen LogP contribution in [0.5, 0.6) is 5.75 Å². The van der Waals surface area contributed by atoms with Gasteiger partial charge in [-0.3, -0.25) is 19.4 Å². The monoisotopic (exact) mass is 897 g/mol. The molecular weight excluding hydrogens is 835 g/mol. The number of para-hydroxylation sites is 1. The number of hydrogen-bond donors (Lipinski definition) is 3. The highest BCUT2D eigenvalue weighted by Crippen LogP contribution is 2.68. The Bertz CT molecular complexity index is 2630. The number of anilines is 1. The van der Waals surface area contributed by atoms with E-state index in [0.717, 1.165) is 71.5 Å². The normalized spacial score (nSPS) is 31.8. The van der Waals surface area contributed by atoms with Gasteiger partial charge in [0.2, 0.25) is 0 Å². The first-order valence-electron chi connectivity index (χ1n) is 23.7. The second kappa shape index (κ2) is 16.6. The molecule has 13 nitrogen and oxygen atoms in total. The Kier molecular flexibility index (Phi) is 11.1. The first kappa shape index (κ1) is 44.2. The van der Waals surface area contributed by atoms with Crippen LogP contribution in [-0.4, -0.2) is 122 Å². The third kappa shape index (κ3) is 6.47. The molecule has 13 heteroatoms. The number of rotatable bonds is 10. The number of nitrogens with zero attached hydrogens (tertiary/aromatic N) is 3. The topological polar surface area (TPSA) is 146 Å². The molecule has 2 fully saturated rings. The number of aliphatic hydroxyl groups is 1. The number of carbonyl (C=O) groups excluding carboxylic acids is 3. The fraction of sp³-hybridized carbons (Fsp3) is 0.491. The van der Waals surface area contributed by atoms with Crippen LogP contribution in [0.3, 0.4) is 0 Å². The summed E-state index contributed by atoms with van der Waals surface area (Å²) in [5.41, 5.74) is 2.72. The summed E-state index contributed by atoms with van der Waals surface area (Å²) in [6.45, 7) is 9.41. The largest absolute Gasteiger partial charge is 0.496 e. The number of hydrogen-bond acceptors (Lipinski definition) is 11. The quantitative estimate of drug-likeness (QED) is 0.0906. The van der Waals surface area contributed by atoms with Crippen molar-refractivity contribution >= 4 is 34.6 Å². The van der Waals surface area contributed by atoms with Crippen molar-refractivity contribution in [3.05, 3.63) is 118 Å². The molecule has 6 aliphatic rings. The lowest BCUT2D eigenvalue weighted by molar-refractivity contribution is -0.217. The van der Waals surface area contributed by atoms with Gasteiger partial charge in [-0.05, 0) is 73.4 Å². The zero-order valence-electron chi connectivity index (χ0n) is 39.0. The molecule has 1 aliphatic carbocycles. The molecule has 1 saturated carbocycles. The number of amides is 1. The van der Waals surface area contributed by atoms with Gasteiger partial charge in [-0.15, -0.1) is 0 Å². The Balaban J connectivity index is 1.20. The van der Waals surface area contributed by atoms with Gasteiger partial charge >= 0.3 is 18.0 Å². The number of esters is 2. The first-order chi connectivity index (χ1) is 31.9. The first-order valence-corrected chi connectivity index (χ1v) is 23.7. The van der Waals surface area contributed by atoms with Gasteiger partial charge in [-0.25, -0.2) is 4.79 Å². The molecule has 348 valence electrons. The van der Waals surface area contributed by atoms with Crippen molar-refractivity contribution < 1.29 is 38.4 Å². The smallest absolute Gasteiger partial charge is 0.407 e. The Morgan fingerprint density at radius 2 is 1.77 bits per heavy atom. The highest BCUT2D eigenvalue weighted by atomic mass is 16.6. The average Bonchev–Trinajstić information content (AvgIpc) is 4.00. The third-order valence-corrected chi connectivity index (χ3v) is 16.4. The molecule has 1 spiro atoms. The summed E-state index contributed by atoms with van der Waals surface area (Å²) in [4.78, 5) is 53.3. The van der Waals surface area contributed by atoms with Gasteiger partial charge in [0.05, 0.1) is 26.8 Å². The van der Waals surface area contributed by atoms with Crippen LogP contribution >= 0.6 is 0 Å². The number of aromatic amines is 1. The van der Waals surface area contributed by atoms with Crippen molar-refractivity contribution in [3.8, 4) is 5.75 Å². The van der Waals surface area contributed by atoms with E-state index >= 15 is 4.79 Å². The zero-order valence-corrected chi connectivity index (χ0v) is 39.0. The second-order valence-electron chi connectivity index (χ2n) is 19.6. The van der Waals surface area contributed by atoms with Crippen molar-refractivity contribution in [1.82, 2.24) is 20.1 Å². The molecule has 5 aliphatic heterocycles. The van der Waals surface area contributed by atoms with Crippen LogP contribution in [0, 0.1) is 11.3 Å². The Hall–Kier alpha value is -5.63. The Morgan fingerprint density at radius 1 is 0.985 bits per heavy atom. The SMILES string of the molecule is CCC1=C[C@@H]2CN(CCc3c([nH]c4ccccc34)[C@@](C(=O)OC)(c3cc4c(cc3OC)N(C)[C@H]3[C@](O)(CNC(=O)OCc5ccccc5)[C@H](OC(C)=O)[C@]5(CC)C=CCN6CC[C@]43[C@@H]65)C2)C1. The molecule has 1 saturated heterocycles. The predicted molar refractivity (Wildman–Crippen MR) is 252 cm³/mol. The number of nitrogens with one attached hydrogen (secondary N) is 2. The summed E-state index contributed by atoms with van der Waals surface area (Å²) in [7, 11) is 5.11. The van der Waals surface area contributed by atoms with Gasteiger partial charge < -0.3 is 39.3 Å². The van der Waals surface area contributed by atoms with E-state index in [2.05, 4.69) is 81.3 Å². The number of methoxy groups -OCH3 is 2. The lowest BCUT2D eigenvalue weighted by atomic mass is 9.47. The third-order valence-electron chi connectivity index (χ3n) is 16.4. The highest BCUT2D eigenvalue weighted by molar-refractivity contribution is 5.94. The number of aromatic nitrogens is 1. The molecule has 1 amide bonds. The summed E-state index contributed by atoms with van der Waals surface area (Å²) in [5, 5.41) is 17.9. The van der Waals surface area contributed by atoms with Gasteiger partial charge in [0.15, 0.2) is 0 Å². The Labute approximate surface area is 387 Å². The van der Waals surface area contributed by atoms with Crippen LogP contribution in [0.15, 0.2) is 90.5 Å². The molecule has 66 heavy (non-hydrogen) atoms. The molecule has 4 aromatic rings. The molecule has 3 N–H and O–H groups in total. The van der Waals surface area contributed by atoms with Gasteiger partial charge in [-0.2, -0.15) is 0 Å². The van der Waals surface area contributed by atoms with E-state index in [-0.39, 0.29) is 31.1 Å². The lowest BCUT2D eigenvalue weighted by Gasteiger charge is -2.64. The van der Waals surface area contributed by atoms with E-state index < -0.39 is 46.1 Å². The fourth-order valence-corrected chi connectivity index (χ4v) is 14.0. The van der Waals surface area contributed by atoms with Gasteiger partial charge in [-0.1, -0.05) is 86.2 Å². The van der Waals surface area contributed by atoms with Crippen LogP contribution in [0.4, 0.5) is 10.5 Å². The summed E-state index contributed by atoms with van der Waals surface area (Å²) in [5.74, 6) is -0.344. The maximum absolute atomic E-state index is 15.5. The van der Waals surface area contributed by atoms with E-state index in [1.807, 2.05) is 49.5 Å². The summed E-state index contributed by atoms with van der Waals surface area (Å²) >= 11 is 0. The average molecular weight is 898 g/mol. The molecule has 10 rings (SSSR count). The molecule has 3 aromatic carbocycles. The number of benzene rings is 3. The van der Waals surface area contributed by atoms with Crippen molar-refractivity contribution in [2.24, 2.45) is 11.3 Å². The zero-order chi connectivity index (χ0) is 46.2. The maximum Gasteiger partial charge on any atom is 0.407 e. The van der Waals surface area contributed by atoms with Crippen LogP contribution in [0.2, 0.25) is 0 Å². The molecule has 0 radical (unpaired) electrons. The van der Waals surface area contributed by atoms with Crippen molar-refractivity contribution in [2.75, 3.05) is 65.4 Å². The van der Waals surface area contributed by atoms with Crippen LogP contribution < -0.4 is 15.0 Å². The number of likely N-dealkylation sites (N-methyl/N-ethyl adjacent to an activating group) is 1. The number of H-pyrrole nitrogens is 1. The van der Waals surface area contributed by atoms with Crippen molar-refractivity contribution in [2.45, 2.75) is 94.1 Å². The van der Waals surface area contributed by atoms with E-state index in [0.29, 0.717) is 43.7 Å². The molecule has 1 unspecified atom stereocenters. The lowest BCUT2D eigenvalue weighted by Crippen LogP contribution is -2.81. The highest BCUT2D eigenvalue weighted by Gasteiger charge is 2.78. The predicted octanol–water partition coefficient (Wildman–Crippen LogP) is 6.55. The van der Waals surface area contributed by atoms with Crippen molar-refractivity contribution in [1.29, 1.82) is 0 Å². The number of alkyl carbamates (subject to hydrolysis) is 1. The minimum absolute atomic E-state index is 0.0203. The minimum Gasteiger partial charge on any atom is -0.496 e. The molecular formula is C53H63N5O8.